The quantitative estimate of drug-likeness (QED) is 0.363. The monoisotopic (exact) mass is 323 g/mol. The van der Waals surface area contributed by atoms with Crippen LogP contribution in [0.2, 0.25) is 0 Å². The predicted molar refractivity (Wildman–Crippen MR) is 99.5 cm³/mol. The highest BCUT2D eigenvalue weighted by Gasteiger charge is 2.19. The minimum Gasteiger partial charge on any atom is -0.380 e. The van der Waals surface area contributed by atoms with Gasteiger partial charge in [-0.25, -0.2) is 0 Å². The maximum absolute atomic E-state index is 11.6. The van der Waals surface area contributed by atoms with Crippen molar-refractivity contribution in [1.82, 2.24) is 5.32 Å². The van der Waals surface area contributed by atoms with Crippen LogP contribution in [-0.4, -0.2) is 25.7 Å². The Kier molecular flexibility index (Phi) is 9.60. The lowest BCUT2D eigenvalue weighted by Crippen LogP contribution is -2.37. The van der Waals surface area contributed by atoms with E-state index in [2.05, 4.69) is 36.7 Å². The Balaban J connectivity index is 2.16. The highest BCUT2D eigenvalue weighted by atomic mass is 16.2. The molecule has 0 amide bonds. The first-order chi connectivity index (χ1) is 11.1. The van der Waals surface area contributed by atoms with Crippen molar-refractivity contribution >= 4 is 11.4 Å². The summed E-state index contributed by atoms with van der Waals surface area (Å²) in [5.41, 5.74) is 0.244. The van der Waals surface area contributed by atoms with Crippen molar-refractivity contribution < 1.29 is 0 Å². The van der Waals surface area contributed by atoms with E-state index in [4.69, 9.17) is 0 Å². The van der Waals surface area contributed by atoms with Crippen molar-refractivity contribution in [1.29, 1.82) is 0 Å². The van der Waals surface area contributed by atoms with E-state index in [1.54, 1.807) is 0 Å². The molecule has 0 unspecified atom stereocenters. The fourth-order valence-corrected chi connectivity index (χ4v) is 2.53. The largest absolute Gasteiger partial charge is 0.380 e. The Hall–Kier alpha value is -1.36. The Morgan fingerprint density at radius 2 is 1.22 bits per heavy atom. The van der Waals surface area contributed by atoms with Gasteiger partial charge in [-0.2, -0.15) is 0 Å². The van der Waals surface area contributed by atoms with E-state index < -0.39 is 0 Å². The van der Waals surface area contributed by atoms with E-state index in [1.165, 1.54) is 12.8 Å². The van der Waals surface area contributed by atoms with Crippen LogP contribution in [-0.2, 0) is 0 Å². The maximum atomic E-state index is 11.6. The lowest BCUT2D eigenvalue weighted by Gasteiger charge is -2.14. The number of hydrogen-bond acceptors (Lipinski definition) is 5. The summed E-state index contributed by atoms with van der Waals surface area (Å²) in [4.78, 5) is 23.2. The molecule has 0 aliphatic rings. The summed E-state index contributed by atoms with van der Waals surface area (Å²) in [6, 6.07) is 0.550. The molecule has 0 saturated heterocycles. The van der Waals surface area contributed by atoms with Gasteiger partial charge in [-0.15, -0.1) is 0 Å². The molecule has 0 atom stereocenters. The molecule has 1 aromatic carbocycles. The van der Waals surface area contributed by atoms with Crippen molar-refractivity contribution in [2.24, 2.45) is 0 Å². The van der Waals surface area contributed by atoms with Gasteiger partial charge < -0.3 is 16.0 Å². The van der Waals surface area contributed by atoms with Crippen molar-refractivity contribution in [3.63, 3.8) is 0 Å². The average Bonchev–Trinajstić information content (AvgIpc) is 2.53. The smallest absolute Gasteiger partial charge is 0.253 e. The van der Waals surface area contributed by atoms with Gasteiger partial charge >= 0.3 is 0 Å². The third-order valence-electron chi connectivity index (χ3n) is 3.95. The zero-order valence-electron chi connectivity index (χ0n) is 15.0. The zero-order valence-corrected chi connectivity index (χ0v) is 15.0. The summed E-state index contributed by atoms with van der Waals surface area (Å²) in [6.07, 6.45) is 7.84. The van der Waals surface area contributed by atoms with Gasteiger partial charge in [0.2, 0.25) is 0 Å². The fourth-order valence-electron chi connectivity index (χ4n) is 2.53. The Morgan fingerprint density at radius 1 is 0.739 bits per heavy atom. The molecule has 0 saturated carbocycles. The number of hydrogen-bond donors (Lipinski definition) is 3. The van der Waals surface area contributed by atoms with Gasteiger partial charge in [-0.1, -0.05) is 46.5 Å². The summed E-state index contributed by atoms with van der Waals surface area (Å²) in [7, 11) is 0. The molecule has 5 nitrogen and oxygen atoms in total. The molecule has 0 heterocycles. The molecule has 1 aromatic rings. The van der Waals surface area contributed by atoms with Gasteiger partial charge in [-0.3, -0.25) is 9.59 Å². The second-order valence-electron chi connectivity index (χ2n) is 6.49. The zero-order chi connectivity index (χ0) is 17.1. The van der Waals surface area contributed by atoms with E-state index in [0.29, 0.717) is 17.4 Å². The molecule has 23 heavy (non-hydrogen) atoms. The molecule has 0 aromatic heterocycles. The molecule has 0 radical (unpaired) electrons. The van der Waals surface area contributed by atoms with Crippen LogP contribution in [0, 0.1) is 0 Å². The summed E-state index contributed by atoms with van der Waals surface area (Å²) in [5.74, 6) is 0. The highest BCUT2D eigenvalue weighted by molar-refractivity contribution is 5.73. The molecule has 0 aliphatic heterocycles. The second-order valence-corrected chi connectivity index (χ2v) is 6.49. The molecule has 0 aliphatic carbocycles. The maximum Gasteiger partial charge on any atom is 0.253 e. The molecule has 0 bridgehead atoms. The molecule has 0 fully saturated rings. The first kappa shape index (κ1) is 19.7. The summed E-state index contributed by atoms with van der Waals surface area (Å²) < 4.78 is 0. The third kappa shape index (κ3) is 7.16. The minimum absolute atomic E-state index is 0.371. The molecule has 1 rings (SSSR count). The highest BCUT2D eigenvalue weighted by Crippen LogP contribution is 2.14. The van der Waals surface area contributed by atoms with Crippen LogP contribution < -0.4 is 26.8 Å². The van der Waals surface area contributed by atoms with Crippen molar-refractivity contribution in [3.05, 3.63) is 20.4 Å². The fraction of sp³-hybridized carbons (Fsp3) is 0.778. The van der Waals surface area contributed by atoms with E-state index in [1.807, 2.05) is 0 Å². The van der Waals surface area contributed by atoms with Gasteiger partial charge in [0.1, 0.15) is 11.4 Å². The van der Waals surface area contributed by atoms with Crippen LogP contribution in [0.4, 0.5) is 11.4 Å². The number of nitrogens with one attached hydrogen (secondary N) is 3. The molecular formula is C18H33N3O2. The van der Waals surface area contributed by atoms with Crippen molar-refractivity contribution in [2.45, 2.75) is 71.8 Å². The standard InChI is InChI=1S/C18H33N3O2/c1-4-5-8-12-20-15-16(18(23)17(15)22)21-13-10-7-6-9-11-19-14(2)3/h14,19-21H,4-13H2,1-3H3. The van der Waals surface area contributed by atoms with Crippen LogP contribution in [0.5, 0.6) is 0 Å². The van der Waals surface area contributed by atoms with Crippen LogP contribution in [0.3, 0.4) is 0 Å². The second kappa shape index (κ2) is 11.2. The number of rotatable bonds is 14. The van der Waals surface area contributed by atoms with Gasteiger partial charge in [0.25, 0.3) is 10.9 Å². The topological polar surface area (TPSA) is 70.2 Å². The lowest BCUT2D eigenvalue weighted by atomic mass is 10.1. The van der Waals surface area contributed by atoms with Gasteiger partial charge in [-0.05, 0) is 25.8 Å². The van der Waals surface area contributed by atoms with Crippen LogP contribution in [0.25, 0.3) is 0 Å². The molecular weight excluding hydrogens is 290 g/mol. The van der Waals surface area contributed by atoms with Crippen molar-refractivity contribution in [2.75, 3.05) is 30.3 Å². The Morgan fingerprint density at radius 3 is 1.70 bits per heavy atom. The number of unbranched alkanes of at least 4 members (excludes halogenated alkanes) is 5. The molecule has 132 valence electrons. The SMILES string of the molecule is CCCCCNc1c(NCCCCCCNC(C)C)c(=O)c1=O. The average molecular weight is 323 g/mol. The van der Waals surface area contributed by atoms with Crippen LogP contribution in [0.1, 0.15) is 65.7 Å². The molecule has 3 N–H and O–H groups in total. The summed E-state index contributed by atoms with van der Waals surface area (Å²) >= 11 is 0. The predicted octanol–water partition coefficient (Wildman–Crippen LogP) is 2.86. The minimum atomic E-state index is -0.372. The Bertz CT molecular complexity index is 504. The molecule has 5 heteroatoms. The van der Waals surface area contributed by atoms with Crippen LogP contribution >= 0.6 is 0 Å². The van der Waals surface area contributed by atoms with E-state index in [9.17, 15) is 9.59 Å². The lowest BCUT2D eigenvalue weighted by molar-refractivity contribution is 0.544. The number of anilines is 2. The van der Waals surface area contributed by atoms with E-state index in [-0.39, 0.29) is 10.9 Å². The summed E-state index contributed by atoms with van der Waals surface area (Å²) in [5, 5.41) is 9.64. The molecule has 0 spiro atoms. The van der Waals surface area contributed by atoms with Gasteiger partial charge in [0, 0.05) is 19.1 Å². The first-order valence-electron chi connectivity index (χ1n) is 9.12. The summed E-state index contributed by atoms with van der Waals surface area (Å²) in [6.45, 7) is 9.03. The van der Waals surface area contributed by atoms with Gasteiger partial charge in [0.15, 0.2) is 0 Å². The van der Waals surface area contributed by atoms with E-state index in [0.717, 1.165) is 51.7 Å². The van der Waals surface area contributed by atoms with Crippen LogP contribution in [0.15, 0.2) is 9.59 Å². The van der Waals surface area contributed by atoms with Crippen molar-refractivity contribution in [3.8, 4) is 0 Å². The Labute approximate surface area is 139 Å². The third-order valence-corrected chi connectivity index (χ3v) is 3.95. The van der Waals surface area contributed by atoms with Gasteiger partial charge in [0.05, 0.1) is 0 Å². The first-order valence-corrected chi connectivity index (χ1v) is 9.12. The van der Waals surface area contributed by atoms with E-state index >= 15 is 0 Å². The normalized spacial score (nSPS) is 11.3.